The molecule has 2 N–H and O–H groups in total. The van der Waals surface area contributed by atoms with E-state index in [0.717, 1.165) is 30.4 Å². The van der Waals surface area contributed by atoms with Crippen molar-refractivity contribution in [2.45, 2.75) is 18.9 Å². The largest absolute Gasteiger partial charge is 0.348 e. The molecule has 1 aromatic carbocycles. The van der Waals surface area contributed by atoms with Gasteiger partial charge in [0.2, 0.25) is 0 Å². The van der Waals surface area contributed by atoms with E-state index in [1.165, 1.54) is 0 Å². The SMILES string of the molecule is O=C(N[C@@H]1CCCNC1)c1ccc(Br)cc1. The second-order valence-corrected chi connectivity index (χ2v) is 4.94. The van der Waals surface area contributed by atoms with Crippen LogP contribution < -0.4 is 10.6 Å². The number of carbonyl (C=O) groups excluding carboxylic acids is 1. The zero-order valence-electron chi connectivity index (χ0n) is 9.00. The zero-order valence-corrected chi connectivity index (χ0v) is 10.6. The minimum atomic E-state index is 0.0150. The first kappa shape index (κ1) is 11.6. The molecule has 1 heterocycles. The van der Waals surface area contributed by atoms with Crippen LogP contribution in [0.15, 0.2) is 28.7 Å². The van der Waals surface area contributed by atoms with Crippen molar-refractivity contribution in [3.63, 3.8) is 0 Å². The summed E-state index contributed by atoms with van der Waals surface area (Å²) in [5.74, 6) is 0.0150. The molecule has 0 aliphatic carbocycles. The van der Waals surface area contributed by atoms with Crippen molar-refractivity contribution in [3.8, 4) is 0 Å². The fourth-order valence-electron chi connectivity index (χ4n) is 1.85. The van der Waals surface area contributed by atoms with Gasteiger partial charge in [-0.2, -0.15) is 0 Å². The van der Waals surface area contributed by atoms with Crippen LogP contribution >= 0.6 is 15.9 Å². The maximum atomic E-state index is 11.9. The second kappa shape index (κ2) is 5.46. The number of halogens is 1. The van der Waals surface area contributed by atoms with E-state index in [4.69, 9.17) is 0 Å². The van der Waals surface area contributed by atoms with Gasteiger partial charge in [0, 0.05) is 22.6 Å². The molecule has 1 fully saturated rings. The Morgan fingerprint density at radius 2 is 2.12 bits per heavy atom. The Labute approximate surface area is 104 Å². The lowest BCUT2D eigenvalue weighted by Crippen LogP contribution is -2.45. The number of carbonyl (C=O) groups is 1. The summed E-state index contributed by atoms with van der Waals surface area (Å²) < 4.78 is 0.989. The minimum Gasteiger partial charge on any atom is -0.348 e. The van der Waals surface area contributed by atoms with E-state index in [-0.39, 0.29) is 11.9 Å². The summed E-state index contributed by atoms with van der Waals surface area (Å²) in [5, 5.41) is 6.32. The van der Waals surface area contributed by atoms with Gasteiger partial charge in [0.05, 0.1) is 0 Å². The molecule has 1 atom stereocenters. The van der Waals surface area contributed by atoms with Crippen LogP contribution in [0.2, 0.25) is 0 Å². The average Bonchev–Trinajstić information content (AvgIpc) is 2.31. The fourth-order valence-corrected chi connectivity index (χ4v) is 2.11. The highest BCUT2D eigenvalue weighted by Gasteiger charge is 2.15. The van der Waals surface area contributed by atoms with Crippen LogP contribution in [0.4, 0.5) is 0 Å². The first-order chi connectivity index (χ1) is 7.75. The monoisotopic (exact) mass is 282 g/mol. The Kier molecular flexibility index (Phi) is 3.96. The summed E-state index contributed by atoms with van der Waals surface area (Å²) in [6.45, 7) is 1.94. The minimum absolute atomic E-state index is 0.0150. The van der Waals surface area contributed by atoms with Gasteiger partial charge in [0.25, 0.3) is 5.91 Å². The molecular formula is C12H15BrN2O. The number of nitrogens with one attached hydrogen (secondary N) is 2. The predicted molar refractivity (Wildman–Crippen MR) is 67.5 cm³/mol. The van der Waals surface area contributed by atoms with E-state index in [0.29, 0.717) is 5.56 Å². The third-order valence-corrected chi connectivity index (χ3v) is 3.27. The average molecular weight is 283 g/mol. The van der Waals surface area contributed by atoms with Gasteiger partial charge in [0.1, 0.15) is 0 Å². The van der Waals surface area contributed by atoms with E-state index < -0.39 is 0 Å². The summed E-state index contributed by atoms with van der Waals surface area (Å²) in [6.07, 6.45) is 2.19. The van der Waals surface area contributed by atoms with Gasteiger partial charge in [-0.25, -0.2) is 0 Å². The van der Waals surface area contributed by atoms with Gasteiger partial charge in [-0.1, -0.05) is 15.9 Å². The third-order valence-electron chi connectivity index (χ3n) is 2.74. The normalized spacial score (nSPS) is 20.4. The molecule has 1 aliphatic rings. The molecule has 0 spiro atoms. The molecule has 16 heavy (non-hydrogen) atoms. The van der Waals surface area contributed by atoms with Crippen LogP contribution in [0.25, 0.3) is 0 Å². The van der Waals surface area contributed by atoms with Gasteiger partial charge >= 0.3 is 0 Å². The smallest absolute Gasteiger partial charge is 0.251 e. The van der Waals surface area contributed by atoms with Crippen molar-refractivity contribution in [1.29, 1.82) is 0 Å². The van der Waals surface area contributed by atoms with Gasteiger partial charge < -0.3 is 10.6 Å². The van der Waals surface area contributed by atoms with Crippen LogP contribution in [-0.2, 0) is 0 Å². The van der Waals surface area contributed by atoms with Crippen LogP contribution in [0.1, 0.15) is 23.2 Å². The molecule has 2 rings (SSSR count). The van der Waals surface area contributed by atoms with Crippen LogP contribution in [0.3, 0.4) is 0 Å². The van der Waals surface area contributed by atoms with E-state index in [1.54, 1.807) is 0 Å². The van der Waals surface area contributed by atoms with Crippen molar-refractivity contribution in [3.05, 3.63) is 34.3 Å². The van der Waals surface area contributed by atoms with E-state index >= 15 is 0 Å². The number of piperidine rings is 1. The molecule has 1 aromatic rings. The Balaban J connectivity index is 1.94. The Hall–Kier alpha value is -0.870. The van der Waals surface area contributed by atoms with Gasteiger partial charge in [-0.05, 0) is 43.7 Å². The van der Waals surface area contributed by atoms with E-state index in [1.807, 2.05) is 24.3 Å². The number of hydrogen-bond acceptors (Lipinski definition) is 2. The first-order valence-electron chi connectivity index (χ1n) is 5.53. The van der Waals surface area contributed by atoms with Crippen molar-refractivity contribution >= 4 is 21.8 Å². The van der Waals surface area contributed by atoms with Crippen LogP contribution in [0, 0.1) is 0 Å². The maximum absolute atomic E-state index is 11.9. The molecule has 1 aliphatic heterocycles. The second-order valence-electron chi connectivity index (χ2n) is 4.02. The predicted octanol–water partition coefficient (Wildman–Crippen LogP) is 1.93. The summed E-state index contributed by atoms with van der Waals surface area (Å²) >= 11 is 3.35. The number of amides is 1. The number of rotatable bonds is 2. The summed E-state index contributed by atoms with van der Waals surface area (Å²) in [6, 6.07) is 7.69. The number of benzene rings is 1. The fraction of sp³-hybridized carbons (Fsp3) is 0.417. The highest BCUT2D eigenvalue weighted by Crippen LogP contribution is 2.11. The molecular weight excluding hydrogens is 268 g/mol. The lowest BCUT2D eigenvalue weighted by molar-refractivity contribution is 0.0930. The van der Waals surface area contributed by atoms with Crippen molar-refractivity contribution < 1.29 is 4.79 Å². The van der Waals surface area contributed by atoms with Crippen LogP contribution in [0.5, 0.6) is 0 Å². The summed E-state index contributed by atoms with van der Waals surface area (Å²) in [5.41, 5.74) is 0.716. The summed E-state index contributed by atoms with van der Waals surface area (Å²) in [4.78, 5) is 11.9. The lowest BCUT2D eigenvalue weighted by Gasteiger charge is -2.23. The van der Waals surface area contributed by atoms with Crippen molar-refractivity contribution in [1.82, 2.24) is 10.6 Å². The third kappa shape index (κ3) is 3.06. The lowest BCUT2D eigenvalue weighted by atomic mass is 10.1. The van der Waals surface area contributed by atoms with Gasteiger partial charge in [-0.15, -0.1) is 0 Å². The van der Waals surface area contributed by atoms with Crippen molar-refractivity contribution in [2.24, 2.45) is 0 Å². The van der Waals surface area contributed by atoms with Crippen LogP contribution in [-0.4, -0.2) is 25.0 Å². The molecule has 1 amide bonds. The highest BCUT2D eigenvalue weighted by atomic mass is 79.9. The maximum Gasteiger partial charge on any atom is 0.251 e. The quantitative estimate of drug-likeness (QED) is 0.870. The molecule has 0 unspecified atom stereocenters. The highest BCUT2D eigenvalue weighted by molar-refractivity contribution is 9.10. The van der Waals surface area contributed by atoms with Crippen molar-refractivity contribution in [2.75, 3.05) is 13.1 Å². The molecule has 4 heteroatoms. The number of hydrogen-bond donors (Lipinski definition) is 2. The first-order valence-corrected chi connectivity index (χ1v) is 6.32. The Morgan fingerprint density at radius 3 is 2.75 bits per heavy atom. The molecule has 1 saturated heterocycles. The molecule has 86 valence electrons. The summed E-state index contributed by atoms with van der Waals surface area (Å²) in [7, 11) is 0. The zero-order chi connectivity index (χ0) is 11.4. The van der Waals surface area contributed by atoms with E-state index in [9.17, 15) is 4.79 Å². The molecule has 0 saturated carbocycles. The molecule has 0 aromatic heterocycles. The molecule has 0 radical (unpaired) electrons. The molecule has 0 bridgehead atoms. The Morgan fingerprint density at radius 1 is 1.38 bits per heavy atom. The van der Waals surface area contributed by atoms with Gasteiger partial charge in [0.15, 0.2) is 0 Å². The molecule has 3 nitrogen and oxygen atoms in total. The van der Waals surface area contributed by atoms with E-state index in [2.05, 4.69) is 26.6 Å². The topological polar surface area (TPSA) is 41.1 Å². The standard InChI is InChI=1S/C12H15BrN2O/c13-10-5-3-9(4-6-10)12(16)15-11-2-1-7-14-8-11/h3-6,11,14H,1-2,7-8H2,(H,15,16)/t11-/m1/s1. The van der Waals surface area contributed by atoms with Gasteiger partial charge in [-0.3, -0.25) is 4.79 Å². The Bertz CT molecular complexity index is 358.